The Labute approximate surface area is 136 Å². The number of amides is 2. The van der Waals surface area contributed by atoms with Crippen LogP contribution in [0.5, 0.6) is 0 Å². The highest BCUT2D eigenvalue weighted by molar-refractivity contribution is 7.89. The van der Waals surface area contributed by atoms with Crippen LogP contribution in [-0.2, 0) is 14.8 Å². The van der Waals surface area contributed by atoms with Crippen molar-refractivity contribution in [3.05, 3.63) is 34.4 Å². The van der Waals surface area contributed by atoms with E-state index in [1.165, 1.54) is 4.90 Å². The summed E-state index contributed by atoms with van der Waals surface area (Å²) in [6, 6.07) is 1.98. The lowest BCUT2D eigenvalue weighted by molar-refractivity contribution is -0.384. The number of urea groups is 1. The van der Waals surface area contributed by atoms with E-state index in [0.717, 1.165) is 24.3 Å². The van der Waals surface area contributed by atoms with Crippen LogP contribution in [0.25, 0.3) is 0 Å². The predicted octanol–water partition coefficient (Wildman–Crippen LogP) is -0.648. The fraction of sp³-hybridized carbons (Fsp3) is 0.333. The summed E-state index contributed by atoms with van der Waals surface area (Å²) in [5.74, 6) is -1.44. The third-order valence-electron chi connectivity index (χ3n) is 3.30. The smallest absolute Gasteiger partial charge is 0.323 e. The van der Waals surface area contributed by atoms with Gasteiger partial charge in [0.15, 0.2) is 0 Å². The van der Waals surface area contributed by atoms with E-state index in [0.29, 0.717) is 6.54 Å². The molecule has 1 heterocycles. The van der Waals surface area contributed by atoms with Crippen LogP contribution in [-0.4, -0.2) is 61.0 Å². The lowest BCUT2D eigenvalue weighted by Gasteiger charge is -2.20. The van der Waals surface area contributed by atoms with Crippen LogP contribution in [0.3, 0.4) is 0 Å². The van der Waals surface area contributed by atoms with Crippen LogP contribution in [0.15, 0.2) is 29.2 Å². The Morgan fingerprint density at radius 1 is 1.42 bits per heavy atom. The van der Waals surface area contributed by atoms with Gasteiger partial charge in [0.1, 0.15) is 6.04 Å². The molecule has 11 nitrogen and oxygen atoms in total. The fourth-order valence-electron chi connectivity index (χ4n) is 2.07. The fourth-order valence-corrected chi connectivity index (χ4v) is 3.25. The number of carboxylic acid groups (broad SMARTS) is 1. The van der Waals surface area contributed by atoms with Crippen molar-refractivity contribution < 1.29 is 28.0 Å². The minimum atomic E-state index is -4.22. The third kappa shape index (κ3) is 3.97. The number of sulfonamides is 1. The second-order valence-electron chi connectivity index (χ2n) is 4.94. The SMILES string of the molecule is O=C(O)[C@H](CN1CCNC1=O)NS(=O)(=O)c1ccc([N+](=O)[O-])cc1. The van der Waals surface area contributed by atoms with Crippen molar-refractivity contribution in [3.8, 4) is 0 Å². The van der Waals surface area contributed by atoms with Gasteiger partial charge in [-0.05, 0) is 12.1 Å². The normalized spacial score (nSPS) is 15.8. The molecule has 0 radical (unpaired) electrons. The molecule has 1 fully saturated rings. The Balaban J connectivity index is 2.16. The number of hydrogen-bond donors (Lipinski definition) is 3. The Morgan fingerprint density at radius 3 is 2.50 bits per heavy atom. The molecule has 1 aliphatic heterocycles. The van der Waals surface area contributed by atoms with E-state index < -0.39 is 33.0 Å². The number of rotatable bonds is 7. The van der Waals surface area contributed by atoms with Crippen LogP contribution in [0.1, 0.15) is 0 Å². The number of carbonyl (C=O) groups excluding carboxylic acids is 1. The van der Waals surface area contributed by atoms with E-state index in [2.05, 4.69) is 5.32 Å². The van der Waals surface area contributed by atoms with Crippen molar-refractivity contribution in [1.29, 1.82) is 0 Å². The number of benzene rings is 1. The molecule has 12 heteroatoms. The van der Waals surface area contributed by atoms with E-state index in [1.54, 1.807) is 0 Å². The number of aliphatic carboxylic acids is 1. The van der Waals surface area contributed by atoms with Crippen LogP contribution >= 0.6 is 0 Å². The van der Waals surface area contributed by atoms with E-state index in [1.807, 2.05) is 4.72 Å². The zero-order valence-electron chi connectivity index (χ0n) is 12.2. The molecule has 1 aromatic carbocycles. The molecule has 0 aliphatic carbocycles. The van der Waals surface area contributed by atoms with Crippen LogP contribution in [0.4, 0.5) is 10.5 Å². The highest BCUT2D eigenvalue weighted by atomic mass is 32.2. The maximum atomic E-state index is 12.2. The first-order valence-corrected chi connectivity index (χ1v) is 8.21. The van der Waals surface area contributed by atoms with Gasteiger partial charge in [0.25, 0.3) is 5.69 Å². The summed E-state index contributed by atoms with van der Waals surface area (Å²) in [7, 11) is -4.22. The van der Waals surface area contributed by atoms with E-state index in [9.17, 15) is 33.2 Å². The maximum absolute atomic E-state index is 12.2. The largest absolute Gasteiger partial charge is 0.480 e. The van der Waals surface area contributed by atoms with Gasteiger partial charge >= 0.3 is 12.0 Å². The number of hydrogen-bond acceptors (Lipinski definition) is 6. The van der Waals surface area contributed by atoms with E-state index in [4.69, 9.17) is 0 Å². The van der Waals surface area contributed by atoms with Crippen molar-refractivity contribution in [2.75, 3.05) is 19.6 Å². The van der Waals surface area contributed by atoms with Gasteiger partial charge in [-0.25, -0.2) is 13.2 Å². The Bertz CT molecular complexity index is 762. The zero-order valence-corrected chi connectivity index (χ0v) is 13.0. The summed E-state index contributed by atoms with van der Waals surface area (Å²) in [5.41, 5.74) is -0.294. The van der Waals surface area contributed by atoms with Crippen LogP contribution in [0, 0.1) is 10.1 Å². The highest BCUT2D eigenvalue weighted by Gasteiger charge is 2.31. The summed E-state index contributed by atoms with van der Waals surface area (Å²) in [6.07, 6.45) is 0. The quantitative estimate of drug-likeness (QED) is 0.431. The number of carbonyl (C=O) groups is 2. The van der Waals surface area contributed by atoms with Crippen LogP contribution in [0.2, 0.25) is 0 Å². The van der Waals surface area contributed by atoms with Crippen molar-refractivity contribution in [1.82, 2.24) is 14.9 Å². The Hall–Kier alpha value is -2.73. The van der Waals surface area contributed by atoms with Gasteiger partial charge < -0.3 is 15.3 Å². The summed E-state index contributed by atoms with van der Waals surface area (Å²) in [4.78, 5) is 33.5. The standard InChI is InChI=1S/C12H14N4O7S/c17-11(18)10(7-15-6-5-13-12(15)19)14-24(22,23)9-3-1-8(2-4-9)16(20)21/h1-4,10,14H,5-7H2,(H,13,19)(H,17,18)/t10-/m0/s1. The molecule has 2 amide bonds. The van der Waals surface area contributed by atoms with Gasteiger partial charge in [0.05, 0.1) is 9.82 Å². The monoisotopic (exact) mass is 358 g/mol. The molecule has 0 spiro atoms. The molecule has 0 aromatic heterocycles. The van der Waals surface area contributed by atoms with Gasteiger partial charge in [-0.1, -0.05) is 0 Å². The average Bonchev–Trinajstić information content (AvgIpc) is 2.91. The number of non-ortho nitro benzene ring substituents is 1. The number of nitro benzene ring substituents is 1. The minimum absolute atomic E-state index is 0.266. The first kappa shape index (κ1) is 17.6. The molecular weight excluding hydrogens is 344 g/mol. The maximum Gasteiger partial charge on any atom is 0.323 e. The molecule has 1 atom stereocenters. The second-order valence-corrected chi connectivity index (χ2v) is 6.66. The summed E-state index contributed by atoms with van der Waals surface area (Å²) < 4.78 is 26.4. The molecule has 1 aliphatic rings. The van der Waals surface area contributed by atoms with Gasteiger partial charge in [-0.3, -0.25) is 14.9 Å². The van der Waals surface area contributed by atoms with Crippen molar-refractivity contribution in [3.63, 3.8) is 0 Å². The summed E-state index contributed by atoms with van der Waals surface area (Å²) >= 11 is 0. The van der Waals surface area contributed by atoms with Crippen LogP contribution < -0.4 is 10.0 Å². The topological polar surface area (TPSA) is 159 Å². The van der Waals surface area contributed by atoms with Gasteiger partial charge in [0.2, 0.25) is 10.0 Å². The molecule has 3 N–H and O–H groups in total. The predicted molar refractivity (Wildman–Crippen MR) is 79.8 cm³/mol. The summed E-state index contributed by atoms with van der Waals surface area (Å²) in [5, 5.41) is 22.2. The number of nitro groups is 1. The van der Waals surface area contributed by atoms with Gasteiger partial charge in [0, 0.05) is 31.8 Å². The first-order valence-electron chi connectivity index (χ1n) is 6.73. The molecule has 1 saturated heterocycles. The summed E-state index contributed by atoms with van der Waals surface area (Å²) in [6.45, 7) is 0.273. The van der Waals surface area contributed by atoms with Gasteiger partial charge in [-0.15, -0.1) is 0 Å². The zero-order chi connectivity index (χ0) is 17.9. The lowest BCUT2D eigenvalue weighted by atomic mass is 10.3. The molecule has 0 saturated carbocycles. The van der Waals surface area contributed by atoms with Gasteiger partial charge in [-0.2, -0.15) is 4.72 Å². The molecule has 1 aromatic rings. The number of nitrogens with zero attached hydrogens (tertiary/aromatic N) is 2. The number of carboxylic acids is 1. The average molecular weight is 358 g/mol. The molecule has 130 valence electrons. The molecule has 0 bridgehead atoms. The second kappa shape index (κ2) is 6.80. The van der Waals surface area contributed by atoms with Crippen molar-refractivity contribution >= 4 is 27.7 Å². The van der Waals surface area contributed by atoms with Crippen molar-refractivity contribution in [2.45, 2.75) is 10.9 Å². The van der Waals surface area contributed by atoms with E-state index in [-0.39, 0.29) is 23.7 Å². The van der Waals surface area contributed by atoms with E-state index >= 15 is 0 Å². The highest BCUT2D eigenvalue weighted by Crippen LogP contribution is 2.16. The molecule has 2 rings (SSSR count). The first-order chi connectivity index (χ1) is 11.2. The molecular formula is C12H14N4O7S. The Morgan fingerprint density at radius 2 is 2.04 bits per heavy atom. The number of nitrogens with one attached hydrogen (secondary N) is 2. The molecule has 24 heavy (non-hydrogen) atoms. The third-order valence-corrected chi connectivity index (χ3v) is 4.79. The minimum Gasteiger partial charge on any atom is -0.480 e. The van der Waals surface area contributed by atoms with Crippen molar-refractivity contribution in [2.24, 2.45) is 0 Å². The lowest BCUT2D eigenvalue weighted by Crippen LogP contribution is -2.49. The molecule has 0 unspecified atom stereocenters. The Kier molecular flexibility index (Phi) is 4.99.